The molecule has 1 saturated heterocycles. The SMILES string of the molecule is CC(NC(C)C1CCOCC1)C(=O)NC1CC1. The molecule has 2 aliphatic rings. The van der Waals surface area contributed by atoms with E-state index in [2.05, 4.69) is 17.6 Å². The monoisotopic (exact) mass is 240 g/mol. The highest BCUT2D eigenvalue weighted by Gasteiger charge is 2.27. The molecule has 1 aliphatic heterocycles. The van der Waals surface area contributed by atoms with Gasteiger partial charge in [0.25, 0.3) is 0 Å². The first-order valence-electron chi connectivity index (χ1n) is 6.81. The standard InChI is InChI=1S/C13H24N2O2/c1-9(11-5-7-17-8-6-11)14-10(2)13(16)15-12-3-4-12/h9-12,14H,3-8H2,1-2H3,(H,15,16). The van der Waals surface area contributed by atoms with Gasteiger partial charge in [0.1, 0.15) is 0 Å². The van der Waals surface area contributed by atoms with Gasteiger partial charge in [0.05, 0.1) is 6.04 Å². The average molecular weight is 240 g/mol. The molecule has 0 aromatic carbocycles. The fourth-order valence-electron chi connectivity index (χ4n) is 2.38. The molecule has 2 rings (SSSR count). The number of rotatable bonds is 5. The van der Waals surface area contributed by atoms with Crippen molar-refractivity contribution in [2.45, 2.75) is 57.7 Å². The molecule has 17 heavy (non-hydrogen) atoms. The minimum Gasteiger partial charge on any atom is -0.381 e. The van der Waals surface area contributed by atoms with Crippen LogP contribution in [-0.4, -0.2) is 37.2 Å². The molecule has 2 fully saturated rings. The van der Waals surface area contributed by atoms with E-state index in [1.165, 1.54) is 0 Å². The minimum atomic E-state index is -0.0894. The molecule has 1 aliphatic carbocycles. The third kappa shape index (κ3) is 3.96. The lowest BCUT2D eigenvalue weighted by Crippen LogP contribution is -2.49. The molecule has 0 aromatic heterocycles. The minimum absolute atomic E-state index is 0.0894. The van der Waals surface area contributed by atoms with Crippen molar-refractivity contribution in [1.29, 1.82) is 0 Å². The lowest BCUT2D eigenvalue weighted by Gasteiger charge is -2.30. The molecule has 1 saturated carbocycles. The molecule has 4 heteroatoms. The fourth-order valence-corrected chi connectivity index (χ4v) is 2.38. The molecule has 2 atom stereocenters. The molecular formula is C13H24N2O2. The van der Waals surface area contributed by atoms with Crippen LogP contribution in [0.2, 0.25) is 0 Å². The highest BCUT2D eigenvalue weighted by atomic mass is 16.5. The molecule has 98 valence electrons. The van der Waals surface area contributed by atoms with Crippen LogP contribution in [0.3, 0.4) is 0 Å². The van der Waals surface area contributed by atoms with E-state index in [-0.39, 0.29) is 11.9 Å². The summed E-state index contributed by atoms with van der Waals surface area (Å²) < 4.78 is 5.36. The topological polar surface area (TPSA) is 50.4 Å². The van der Waals surface area contributed by atoms with Crippen LogP contribution in [0.4, 0.5) is 0 Å². The van der Waals surface area contributed by atoms with Gasteiger partial charge in [-0.25, -0.2) is 0 Å². The average Bonchev–Trinajstić information content (AvgIpc) is 3.14. The number of nitrogens with one attached hydrogen (secondary N) is 2. The summed E-state index contributed by atoms with van der Waals surface area (Å²) in [7, 11) is 0. The number of hydrogen-bond acceptors (Lipinski definition) is 3. The molecule has 1 amide bonds. The van der Waals surface area contributed by atoms with E-state index < -0.39 is 0 Å². The summed E-state index contributed by atoms with van der Waals surface area (Å²) in [6.45, 7) is 5.85. The Kier molecular flexibility index (Phi) is 4.40. The van der Waals surface area contributed by atoms with Crippen LogP contribution >= 0.6 is 0 Å². The largest absolute Gasteiger partial charge is 0.381 e. The van der Waals surface area contributed by atoms with Crippen molar-refractivity contribution in [3.63, 3.8) is 0 Å². The number of amides is 1. The van der Waals surface area contributed by atoms with Crippen LogP contribution in [0.25, 0.3) is 0 Å². The lowest BCUT2D eigenvalue weighted by atomic mass is 9.92. The van der Waals surface area contributed by atoms with E-state index in [4.69, 9.17) is 4.74 Å². The summed E-state index contributed by atoms with van der Waals surface area (Å²) in [5, 5.41) is 6.45. The molecule has 4 nitrogen and oxygen atoms in total. The Morgan fingerprint density at radius 3 is 2.41 bits per heavy atom. The quantitative estimate of drug-likeness (QED) is 0.755. The maximum Gasteiger partial charge on any atom is 0.237 e. The van der Waals surface area contributed by atoms with Crippen molar-refractivity contribution in [2.24, 2.45) is 5.92 Å². The lowest BCUT2D eigenvalue weighted by molar-refractivity contribution is -0.123. The van der Waals surface area contributed by atoms with E-state index in [0.29, 0.717) is 18.0 Å². The van der Waals surface area contributed by atoms with Gasteiger partial charge in [0, 0.05) is 25.3 Å². The van der Waals surface area contributed by atoms with Crippen LogP contribution in [0.5, 0.6) is 0 Å². The summed E-state index contributed by atoms with van der Waals surface area (Å²) in [4.78, 5) is 11.8. The van der Waals surface area contributed by atoms with Crippen molar-refractivity contribution in [1.82, 2.24) is 10.6 Å². The van der Waals surface area contributed by atoms with Crippen LogP contribution in [0, 0.1) is 5.92 Å². The number of carbonyl (C=O) groups excluding carboxylic acids is 1. The summed E-state index contributed by atoms with van der Waals surface area (Å²) in [5.74, 6) is 0.784. The maximum absolute atomic E-state index is 11.8. The Bertz CT molecular complexity index is 260. The van der Waals surface area contributed by atoms with Gasteiger partial charge in [-0.05, 0) is 45.4 Å². The molecule has 1 heterocycles. The predicted octanol–water partition coefficient (Wildman–Crippen LogP) is 1.06. The summed E-state index contributed by atoms with van der Waals surface area (Å²) in [5.41, 5.74) is 0. The zero-order valence-electron chi connectivity index (χ0n) is 10.9. The van der Waals surface area contributed by atoms with Crippen LogP contribution in [0.1, 0.15) is 39.5 Å². The molecular weight excluding hydrogens is 216 g/mol. The Morgan fingerprint density at radius 1 is 1.18 bits per heavy atom. The summed E-state index contributed by atoms with van der Waals surface area (Å²) in [6, 6.07) is 0.748. The van der Waals surface area contributed by atoms with Gasteiger partial charge in [-0.1, -0.05) is 0 Å². The highest BCUT2D eigenvalue weighted by Crippen LogP contribution is 2.20. The van der Waals surface area contributed by atoms with Crippen molar-refractivity contribution in [2.75, 3.05) is 13.2 Å². The van der Waals surface area contributed by atoms with Gasteiger partial charge in [-0.2, -0.15) is 0 Å². The van der Waals surface area contributed by atoms with E-state index in [9.17, 15) is 4.79 Å². The van der Waals surface area contributed by atoms with Gasteiger partial charge in [-0.3, -0.25) is 4.79 Å². The van der Waals surface area contributed by atoms with Gasteiger partial charge in [0.15, 0.2) is 0 Å². The fraction of sp³-hybridized carbons (Fsp3) is 0.923. The van der Waals surface area contributed by atoms with E-state index in [1.807, 2.05) is 6.92 Å². The van der Waals surface area contributed by atoms with Gasteiger partial charge < -0.3 is 15.4 Å². The zero-order valence-corrected chi connectivity index (χ0v) is 10.9. The molecule has 2 unspecified atom stereocenters. The smallest absolute Gasteiger partial charge is 0.237 e. The highest BCUT2D eigenvalue weighted by molar-refractivity contribution is 5.81. The second kappa shape index (κ2) is 5.83. The van der Waals surface area contributed by atoms with Crippen LogP contribution in [0.15, 0.2) is 0 Å². The first-order valence-corrected chi connectivity index (χ1v) is 6.81. The van der Waals surface area contributed by atoms with Crippen molar-refractivity contribution < 1.29 is 9.53 Å². The third-order valence-electron chi connectivity index (χ3n) is 3.80. The van der Waals surface area contributed by atoms with Crippen molar-refractivity contribution >= 4 is 5.91 Å². The Morgan fingerprint density at radius 2 is 1.82 bits per heavy atom. The van der Waals surface area contributed by atoms with E-state index in [1.54, 1.807) is 0 Å². The van der Waals surface area contributed by atoms with Crippen LogP contribution < -0.4 is 10.6 Å². The van der Waals surface area contributed by atoms with Crippen molar-refractivity contribution in [3.05, 3.63) is 0 Å². The molecule has 0 spiro atoms. The number of hydrogen-bond donors (Lipinski definition) is 2. The normalized spacial score (nSPS) is 25.3. The van der Waals surface area contributed by atoms with Crippen molar-refractivity contribution in [3.8, 4) is 0 Å². The predicted molar refractivity (Wildman–Crippen MR) is 66.8 cm³/mol. The number of ether oxygens (including phenoxy) is 1. The Labute approximate surface area is 103 Å². The zero-order chi connectivity index (χ0) is 12.3. The summed E-state index contributed by atoms with van der Waals surface area (Å²) in [6.07, 6.45) is 4.50. The van der Waals surface area contributed by atoms with Crippen LogP contribution in [-0.2, 0) is 9.53 Å². The molecule has 0 aromatic rings. The van der Waals surface area contributed by atoms with E-state index in [0.717, 1.165) is 38.9 Å². The first kappa shape index (κ1) is 12.8. The Balaban J connectivity index is 1.71. The molecule has 0 bridgehead atoms. The maximum atomic E-state index is 11.8. The van der Waals surface area contributed by atoms with Gasteiger partial charge in [-0.15, -0.1) is 0 Å². The third-order valence-corrected chi connectivity index (χ3v) is 3.80. The first-order chi connectivity index (χ1) is 8.16. The Hall–Kier alpha value is -0.610. The second-order valence-electron chi connectivity index (χ2n) is 5.41. The molecule has 2 N–H and O–H groups in total. The summed E-state index contributed by atoms with van der Waals surface area (Å²) >= 11 is 0. The van der Waals surface area contributed by atoms with Gasteiger partial charge in [0.2, 0.25) is 5.91 Å². The van der Waals surface area contributed by atoms with Gasteiger partial charge >= 0.3 is 0 Å². The van der Waals surface area contributed by atoms with E-state index >= 15 is 0 Å². The number of carbonyl (C=O) groups is 1. The second-order valence-corrected chi connectivity index (χ2v) is 5.41. The molecule has 0 radical (unpaired) electrons.